The molecule has 3 N–H and O–H groups in total. The molecule has 0 radical (unpaired) electrons. The second-order valence-electron chi connectivity index (χ2n) is 4.13. The fourth-order valence-corrected chi connectivity index (χ4v) is 2.07. The number of Topliss-reactive ketones (excluding diaryl/α,β-unsaturated/α-hetero) is 2. The van der Waals surface area contributed by atoms with Crippen LogP contribution in [0.15, 0.2) is 34.2 Å². The van der Waals surface area contributed by atoms with Crippen molar-refractivity contribution in [3.8, 4) is 0 Å². The zero-order valence-corrected chi connectivity index (χ0v) is 10.7. The van der Waals surface area contributed by atoms with E-state index in [-0.39, 0.29) is 0 Å². The van der Waals surface area contributed by atoms with Gasteiger partial charge in [-0.15, -0.1) is 0 Å². The number of carbonyl (C=O) groups excluding carboxylic acids is 2. The van der Waals surface area contributed by atoms with Crippen molar-refractivity contribution in [2.24, 2.45) is 0 Å². The predicted molar refractivity (Wildman–Crippen MR) is 66.5 cm³/mol. The van der Waals surface area contributed by atoms with Crippen LogP contribution in [0.3, 0.4) is 0 Å². The van der Waals surface area contributed by atoms with Gasteiger partial charge in [0.25, 0.3) is 0 Å². The quantitative estimate of drug-likeness (QED) is 0.664. The number of hydrogen-bond acceptors (Lipinski definition) is 5. The summed E-state index contributed by atoms with van der Waals surface area (Å²) in [5.74, 6) is -0.898. The summed E-state index contributed by atoms with van der Waals surface area (Å²) >= 11 is 0. The van der Waals surface area contributed by atoms with Crippen molar-refractivity contribution in [2.45, 2.75) is 20.8 Å². The zero-order valence-electron chi connectivity index (χ0n) is 10.7. The van der Waals surface area contributed by atoms with Crippen molar-refractivity contribution in [1.29, 1.82) is 0 Å². The fraction of sp³-hybridized carbons (Fsp3) is 0.385. The highest BCUT2D eigenvalue weighted by Crippen LogP contribution is 2.26. The van der Waals surface area contributed by atoms with E-state index in [9.17, 15) is 9.59 Å². The van der Waals surface area contributed by atoms with Gasteiger partial charge >= 0.3 is 0 Å². The smallest absolute Gasteiger partial charge is 0.190 e. The SMILES string of the molecule is CC1=CNC(C)=C(C(=O)CO)C(C)=C1C(=O)CO. The van der Waals surface area contributed by atoms with E-state index < -0.39 is 24.8 Å². The number of nitrogens with one attached hydrogen (secondary N) is 1. The molecule has 5 nitrogen and oxygen atoms in total. The lowest BCUT2D eigenvalue weighted by Gasteiger charge is -2.12. The Hall–Kier alpha value is -1.72. The molecule has 0 aromatic rings. The van der Waals surface area contributed by atoms with E-state index in [1.807, 2.05) is 0 Å². The number of rotatable bonds is 4. The molecule has 0 saturated heterocycles. The van der Waals surface area contributed by atoms with Gasteiger partial charge in [-0.1, -0.05) is 0 Å². The Balaban J connectivity index is 3.47. The van der Waals surface area contributed by atoms with Crippen LogP contribution in [0.2, 0.25) is 0 Å². The molecule has 0 unspecified atom stereocenters. The normalized spacial score (nSPS) is 16.2. The molecule has 18 heavy (non-hydrogen) atoms. The molecule has 0 amide bonds. The molecule has 1 rings (SSSR count). The van der Waals surface area contributed by atoms with Crippen LogP contribution in [0.4, 0.5) is 0 Å². The highest BCUT2D eigenvalue weighted by atomic mass is 16.3. The molecule has 0 fully saturated rings. The minimum absolute atomic E-state index is 0.294. The van der Waals surface area contributed by atoms with Crippen molar-refractivity contribution in [2.75, 3.05) is 13.2 Å². The van der Waals surface area contributed by atoms with Crippen LogP contribution in [0, 0.1) is 0 Å². The summed E-state index contributed by atoms with van der Waals surface area (Å²) in [7, 11) is 0. The molecule has 1 aliphatic heterocycles. The maximum atomic E-state index is 11.7. The third-order valence-corrected chi connectivity index (χ3v) is 2.87. The summed E-state index contributed by atoms with van der Waals surface area (Å²) < 4.78 is 0. The molecule has 1 heterocycles. The van der Waals surface area contributed by atoms with E-state index >= 15 is 0 Å². The Morgan fingerprint density at radius 1 is 1.06 bits per heavy atom. The van der Waals surface area contributed by atoms with Crippen LogP contribution in [0.1, 0.15) is 20.8 Å². The third-order valence-electron chi connectivity index (χ3n) is 2.87. The van der Waals surface area contributed by atoms with Crippen molar-refractivity contribution in [3.63, 3.8) is 0 Å². The molecule has 0 aromatic carbocycles. The number of allylic oxidation sites excluding steroid dienone is 3. The van der Waals surface area contributed by atoms with E-state index in [1.165, 1.54) is 0 Å². The molecule has 98 valence electrons. The van der Waals surface area contributed by atoms with Gasteiger partial charge in [0.15, 0.2) is 11.6 Å². The Bertz CT molecular complexity index is 483. The standard InChI is InChI=1S/C13H17NO4/c1-7-4-14-9(3)13(11(18)6-16)8(2)12(7)10(17)5-15/h4,14-16H,5-6H2,1-3H3. The summed E-state index contributed by atoms with van der Waals surface area (Å²) in [6.07, 6.45) is 1.61. The van der Waals surface area contributed by atoms with Crippen LogP contribution >= 0.6 is 0 Å². The third kappa shape index (κ3) is 2.57. The first-order valence-electron chi connectivity index (χ1n) is 5.58. The maximum absolute atomic E-state index is 11.7. The van der Waals surface area contributed by atoms with Crippen molar-refractivity contribution in [3.05, 3.63) is 34.2 Å². The molecule has 1 aliphatic rings. The number of aliphatic hydroxyl groups excluding tert-OH is 2. The summed E-state index contributed by atoms with van der Waals surface area (Å²) in [6, 6.07) is 0. The van der Waals surface area contributed by atoms with E-state index in [2.05, 4.69) is 5.32 Å². The molecular formula is C13H17NO4. The second kappa shape index (κ2) is 5.75. The topological polar surface area (TPSA) is 86.6 Å². The van der Waals surface area contributed by atoms with Crippen LogP contribution in [0.5, 0.6) is 0 Å². The van der Waals surface area contributed by atoms with Gasteiger partial charge in [0.1, 0.15) is 13.2 Å². The zero-order chi connectivity index (χ0) is 13.9. The Labute approximate surface area is 106 Å². The molecule has 0 saturated carbocycles. The largest absolute Gasteiger partial charge is 0.388 e. The van der Waals surface area contributed by atoms with E-state index in [4.69, 9.17) is 10.2 Å². The van der Waals surface area contributed by atoms with Gasteiger partial charge in [0.2, 0.25) is 0 Å². The number of carbonyl (C=O) groups is 2. The van der Waals surface area contributed by atoms with Crippen molar-refractivity contribution < 1.29 is 19.8 Å². The lowest BCUT2D eigenvalue weighted by atomic mass is 9.92. The lowest BCUT2D eigenvalue weighted by molar-refractivity contribution is -0.118. The number of ketones is 2. The van der Waals surface area contributed by atoms with E-state index in [0.29, 0.717) is 28.0 Å². The first kappa shape index (κ1) is 14.3. The molecule has 0 spiro atoms. The molecular weight excluding hydrogens is 234 g/mol. The minimum Gasteiger partial charge on any atom is -0.388 e. The summed E-state index contributed by atoms with van der Waals surface area (Å²) in [6.45, 7) is 3.82. The molecule has 0 bridgehead atoms. The Kier molecular flexibility index (Phi) is 4.58. The highest BCUT2D eigenvalue weighted by Gasteiger charge is 2.23. The monoisotopic (exact) mass is 251 g/mol. The number of aliphatic hydroxyl groups is 2. The highest BCUT2D eigenvalue weighted by molar-refractivity contribution is 6.07. The van der Waals surface area contributed by atoms with Crippen LogP contribution in [-0.2, 0) is 9.59 Å². The van der Waals surface area contributed by atoms with Gasteiger partial charge in [-0.05, 0) is 31.9 Å². The van der Waals surface area contributed by atoms with Crippen LogP contribution in [-0.4, -0.2) is 35.0 Å². The maximum Gasteiger partial charge on any atom is 0.190 e. The summed E-state index contributed by atoms with van der Waals surface area (Å²) in [4.78, 5) is 23.5. The van der Waals surface area contributed by atoms with Gasteiger partial charge in [-0.3, -0.25) is 9.59 Å². The van der Waals surface area contributed by atoms with Gasteiger partial charge in [-0.25, -0.2) is 0 Å². The Morgan fingerprint density at radius 2 is 1.56 bits per heavy atom. The van der Waals surface area contributed by atoms with Gasteiger partial charge in [-0.2, -0.15) is 0 Å². The average Bonchev–Trinajstić information content (AvgIpc) is 2.45. The predicted octanol–water partition coefficient (Wildman–Crippen LogP) is 0.207. The molecule has 0 aromatic heterocycles. The van der Waals surface area contributed by atoms with Crippen molar-refractivity contribution >= 4 is 11.6 Å². The summed E-state index contributed by atoms with van der Waals surface area (Å²) in [5.41, 5.74) is 2.31. The van der Waals surface area contributed by atoms with Gasteiger partial charge < -0.3 is 15.5 Å². The van der Waals surface area contributed by atoms with Gasteiger partial charge in [0, 0.05) is 23.0 Å². The average molecular weight is 251 g/mol. The molecule has 0 atom stereocenters. The first-order valence-corrected chi connectivity index (χ1v) is 5.58. The lowest BCUT2D eigenvalue weighted by Crippen LogP contribution is -2.17. The summed E-state index contributed by atoms with van der Waals surface area (Å²) in [5, 5.41) is 20.9. The molecule has 5 heteroatoms. The van der Waals surface area contributed by atoms with E-state index in [0.717, 1.165) is 0 Å². The van der Waals surface area contributed by atoms with Crippen molar-refractivity contribution in [1.82, 2.24) is 5.32 Å². The van der Waals surface area contributed by atoms with Crippen LogP contribution < -0.4 is 5.32 Å². The number of hydrogen-bond donors (Lipinski definition) is 3. The second-order valence-corrected chi connectivity index (χ2v) is 4.13. The molecule has 0 aliphatic carbocycles. The van der Waals surface area contributed by atoms with Gasteiger partial charge in [0.05, 0.1) is 0 Å². The Morgan fingerprint density at radius 3 is 2.06 bits per heavy atom. The fourth-order valence-electron chi connectivity index (χ4n) is 2.07. The van der Waals surface area contributed by atoms with Crippen LogP contribution in [0.25, 0.3) is 0 Å². The van der Waals surface area contributed by atoms with E-state index in [1.54, 1.807) is 27.0 Å². The first-order chi connectivity index (χ1) is 8.43. The minimum atomic E-state index is -0.620.